The van der Waals surface area contributed by atoms with Gasteiger partial charge in [0.05, 0.1) is 12.3 Å². The first-order chi connectivity index (χ1) is 16.0. The van der Waals surface area contributed by atoms with Gasteiger partial charge in [0.2, 0.25) is 11.7 Å². The van der Waals surface area contributed by atoms with E-state index in [1.165, 1.54) is 16.8 Å². The molecule has 0 fully saturated rings. The summed E-state index contributed by atoms with van der Waals surface area (Å²) in [7, 11) is 0. The van der Waals surface area contributed by atoms with Crippen molar-refractivity contribution in [1.29, 1.82) is 0 Å². The molecule has 9 heteroatoms. The van der Waals surface area contributed by atoms with Crippen molar-refractivity contribution < 1.29 is 18.7 Å². The first-order valence-corrected chi connectivity index (χ1v) is 10.4. The molecule has 4 rings (SSSR count). The topological polar surface area (TPSA) is 91.2 Å². The van der Waals surface area contributed by atoms with Gasteiger partial charge in [0, 0.05) is 18.8 Å². The summed E-state index contributed by atoms with van der Waals surface area (Å²) in [6.07, 6.45) is 1.62. The number of amides is 1. The number of aryl methyl sites for hydroxylation is 1. The highest BCUT2D eigenvalue weighted by Gasteiger charge is 2.15. The Kier molecular flexibility index (Phi) is 6.58. The molecule has 4 aromatic rings. The van der Waals surface area contributed by atoms with Crippen LogP contribution in [0.2, 0.25) is 0 Å². The van der Waals surface area contributed by atoms with Crippen LogP contribution in [0.1, 0.15) is 28.9 Å². The van der Waals surface area contributed by atoms with Crippen LogP contribution in [0.3, 0.4) is 0 Å². The number of carbonyl (C=O) groups excluding carboxylic acids is 1. The molecule has 0 saturated heterocycles. The van der Waals surface area contributed by atoms with E-state index in [0.717, 1.165) is 5.56 Å². The zero-order chi connectivity index (χ0) is 23.2. The molecule has 2 aromatic heterocycles. The second-order valence-electron chi connectivity index (χ2n) is 7.04. The number of para-hydroxylation sites is 2. The maximum absolute atomic E-state index is 13.2. The molecule has 0 aliphatic carbocycles. The molecule has 2 aromatic carbocycles. The SMILES string of the molecule is CCOc1ccccc1Oc1ccc(CNC(=O)c2nc(C)n(-c3ccc(F)cc3)n2)cn1. The molecular weight excluding hydrogens is 425 g/mol. The second-order valence-corrected chi connectivity index (χ2v) is 7.04. The number of benzene rings is 2. The lowest BCUT2D eigenvalue weighted by atomic mass is 10.3. The van der Waals surface area contributed by atoms with Crippen molar-refractivity contribution in [2.24, 2.45) is 0 Å². The highest BCUT2D eigenvalue weighted by molar-refractivity contribution is 5.90. The van der Waals surface area contributed by atoms with Crippen LogP contribution in [-0.4, -0.2) is 32.3 Å². The number of ether oxygens (including phenoxy) is 2. The van der Waals surface area contributed by atoms with E-state index in [4.69, 9.17) is 9.47 Å². The minimum atomic E-state index is -0.426. The van der Waals surface area contributed by atoms with Gasteiger partial charge in [-0.15, -0.1) is 5.10 Å². The summed E-state index contributed by atoms with van der Waals surface area (Å²) in [4.78, 5) is 21.0. The zero-order valence-corrected chi connectivity index (χ0v) is 18.2. The summed E-state index contributed by atoms with van der Waals surface area (Å²) >= 11 is 0. The average Bonchev–Trinajstić information content (AvgIpc) is 3.22. The highest BCUT2D eigenvalue weighted by Crippen LogP contribution is 2.30. The molecule has 0 radical (unpaired) electrons. The zero-order valence-electron chi connectivity index (χ0n) is 18.2. The molecule has 0 atom stereocenters. The highest BCUT2D eigenvalue weighted by atomic mass is 19.1. The normalized spacial score (nSPS) is 10.6. The minimum Gasteiger partial charge on any atom is -0.490 e. The molecule has 0 spiro atoms. The van der Waals surface area contributed by atoms with Crippen LogP contribution in [0.25, 0.3) is 5.69 Å². The number of pyridine rings is 1. The van der Waals surface area contributed by atoms with Gasteiger partial charge < -0.3 is 14.8 Å². The van der Waals surface area contributed by atoms with E-state index in [2.05, 4.69) is 20.4 Å². The summed E-state index contributed by atoms with van der Waals surface area (Å²) < 4.78 is 26.0. The van der Waals surface area contributed by atoms with Crippen LogP contribution in [0.15, 0.2) is 66.9 Å². The Bertz CT molecular complexity index is 1240. The predicted octanol–water partition coefficient (Wildman–Crippen LogP) is 4.23. The van der Waals surface area contributed by atoms with E-state index in [1.54, 1.807) is 37.4 Å². The number of carbonyl (C=O) groups is 1. The van der Waals surface area contributed by atoms with Crippen LogP contribution >= 0.6 is 0 Å². The van der Waals surface area contributed by atoms with Gasteiger partial charge in [-0.05, 0) is 55.8 Å². The lowest BCUT2D eigenvalue weighted by molar-refractivity contribution is 0.0940. The molecule has 0 bridgehead atoms. The summed E-state index contributed by atoms with van der Waals surface area (Å²) in [6, 6.07) is 16.7. The molecular formula is C24H22FN5O3. The van der Waals surface area contributed by atoms with E-state index < -0.39 is 5.91 Å². The molecule has 0 saturated carbocycles. The molecule has 1 N–H and O–H groups in total. The maximum Gasteiger partial charge on any atom is 0.291 e. The molecule has 33 heavy (non-hydrogen) atoms. The van der Waals surface area contributed by atoms with Crippen molar-refractivity contribution >= 4 is 5.91 Å². The van der Waals surface area contributed by atoms with Gasteiger partial charge in [-0.25, -0.2) is 19.0 Å². The van der Waals surface area contributed by atoms with Crippen molar-refractivity contribution in [3.63, 3.8) is 0 Å². The largest absolute Gasteiger partial charge is 0.490 e. The van der Waals surface area contributed by atoms with Gasteiger partial charge >= 0.3 is 0 Å². The molecule has 168 valence electrons. The average molecular weight is 447 g/mol. The van der Waals surface area contributed by atoms with E-state index >= 15 is 0 Å². The van der Waals surface area contributed by atoms with Gasteiger partial charge in [0.1, 0.15) is 11.6 Å². The molecule has 0 aliphatic rings. The fourth-order valence-electron chi connectivity index (χ4n) is 3.07. The quantitative estimate of drug-likeness (QED) is 0.435. The van der Waals surface area contributed by atoms with Gasteiger partial charge in [0.15, 0.2) is 11.5 Å². The van der Waals surface area contributed by atoms with Crippen molar-refractivity contribution in [3.05, 3.63) is 89.9 Å². The first kappa shape index (κ1) is 21.9. The number of aromatic nitrogens is 4. The Labute approximate surface area is 190 Å². The van der Waals surface area contributed by atoms with E-state index in [-0.39, 0.29) is 18.2 Å². The molecule has 2 heterocycles. The number of hydrogen-bond acceptors (Lipinski definition) is 6. The predicted molar refractivity (Wildman–Crippen MR) is 119 cm³/mol. The summed E-state index contributed by atoms with van der Waals surface area (Å²) in [5, 5.41) is 7.00. The van der Waals surface area contributed by atoms with Crippen molar-refractivity contribution in [1.82, 2.24) is 25.1 Å². The van der Waals surface area contributed by atoms with Gasteiger partial charge in [-0.3, -0.25) is 4.79 Å². The fraction of sp³-hybridized carbons (Fsp3) is 0.167. The van der Waals surface area contributed by atoms with Crippen molar-refractivity contribution in [2.45, 2.75) is 20.4 Å². The third-order valence-corrected chi connectivity index (χ3v) is 4.66. The van der Waals surface area contributed by atoms with Crippen molar-refractivity contribution in [3.8, 4) is 23.1 Å². The van der Waals surface area contributed by atoms with Gasteiger partial charge in [-0.1, -0.05) is 18.2 Å². The summed E-state index contributed by atoms with van der Waals surface area (Å²) in [5.41, 5.74) is 1.40. The molecule has 0 unspecified atom stereocenters. The number of hydrogen-bond donors (Lipinski definition) is 1. The number of nitrogens with zero attached hydrogens (tertiary/aromatic N) is 4. The third kappa shape index (κ3) is 5.32. The Morgan fingerprint density at radius 2 is 1.82 bits per heavy atom. The van der Waals surface area contributed by atoms with Crippen LogP contribution in [-0.2, 0) is 6.54 Å². The standard InChI is InChI=1S/C24H22FN5O3/c1-3-32-20-6-4-5-7-21(20)33-22-13-8-17(14-26-22)15-27-24(31)23-28-16(2)30(29-23)19-11-9-18(25)10-12-19/h4-14H,3,15H2,1-2H3,(H,27,31). The van der Waals surface area contributed by atoms with E-state index in [9.17, 15) is 9.18 Å². The molecule has 8 nitrogen and oxygen atoms in total. The number of nitrogens with one attached hydrogen (secondary N) is 1. The third-order valence-electron chi connectivity index (χ3n) is 4.66. The summed E-state index contributed by atoms with van der Waals surface area (Å²) in [6.45, 7) is 4.40. The molecule has 0 aliphatic heterocycles. The maximum atomic E-state index is 13.2. The Morgan fingerprint density at radius 1 is 1.06 bits per heavy atom. The monoisotopic (exact) mass is 447 g/mol. The number of halogens is 1. The number of rotatable bonds is 8. The molecule has 1 amide bonds. The van der Waals surface area contributed by atoms with E-state index in [0.29, 0.717) is 35.5 Å². The first-order valence-electron chi connectivity index (χ1n) is 10.4. The van der Waals surface area contributed by atoms with Crippen molar-refractivity contribution in [2.75, 3.05) is 6.61 Å². The summed E-state index contributed by atoms with van der Waals surface area (Å²) in [5.74, 6) is 1.39. The van der Waals surface area contributed by atoms with Crippen LogP contribution < -0.4 is 14.8 Å². The Balaban J connectivity index is 1.37. The Hall–Kier alpha value is -4.27. The van der Waals surface area contributed by atoms with Gasteiger partial charge in [-0.2, -0.15) is 0 Å². The lowest BCUT2D eigenvalue weighted by Gasteiger charge is -2.11. The van der Waals surface area contributed by atoms with Crippen LogP contribution in [0.4, 0.5) is 4.39 Å². The van der Waals surface area contributed by atoms with E-state index in [1.807, 2.05) is 31.2 Å². The minimum absolute atomic E-state index is 0.0252. The van der Waals surface area contributed by atoms with Crippen LogP contribution in [0.5, 0.6) is 17.4 Å². The van der Waals surface area contributed by atoms with Gasteiger partial charge in [0.25, 0.3) is 5.91 Å². The second kappa shape index (κ2) is 9.90. The fourth-order valence-corrected chi connectivity index (χ4v) is 3.07. The smallest absolute Gasteiger partial charge is 0.291 e. The van der Waals surface area contributed by atoms with Crippen LogP contribution in [0, 0.1) is 12.7 Å². The Morgan fingerprint density at radius 3 is 2.52 bits per heavy atom. The lowest BCUT2D eigenvalue weighted by Crippen LogP contribution is -2.24.